The molecular formula is C22H27N5O4. The molecule has 2 aromatic carbocycles. The summed E-state index contributed by atoms with van der Waals surface area (Å²) in [7, 11) is 0. The van der Waals surface area contributed by atoms with Crippen LogP contribution in [0.5, 0.6) is 0 Å². The molecule has 2 heterocycles. The molecule has 0 aliphatic carbocycles. The Bertz CT molecular complexity index is 889. The van der Waals surface area contributed by atoms with Gasteiger partial charge in [-0.25, -0.2) is 0 Å². The van der Waals surface area contributed by atoms with E-state index >= 15 is 0 Å². The summed E-state index contributed by atoms with van der Waals surface area (Å²) in [6, 6.07) is 14.6. The van der Waals surface area contributed by atoms with Crippen LogP contribution in [0, 0.1) is 10.1 Å². The summed E-state index contributed by atoms with van der Waals surface area (Å²) in [6.45, 7) is 6.69. The zero-order chi connectivity index (χ0) is 21.6. The molecule has 0 radical (unpaired) electrons. The topological polar surface area (TPSA) is 91.2 Å². The van der Waals surface area contributed by atoms with Gasteiger partial charge in [0.1, 0.15) is 0 Å². The lowest BCUT2D eigenvalue weighted by molar-refractivity contribution is -0.384. The van der Waals surface area contributed by atoms with Crippen LogP contribution in [0.4, 0.5) is 22.7 Å². The van der Waals surface area contributed by atoms with Crippen LogP contribution in [0.25, 0.3) is 0 Å². The normalized spacial score (nSPS) is 17.4. The lowest BCUT2D eigenvalue weighted by atomic mass is 10.2. The van der Waals surface area contributed by atoms with Crippen molar-refractivity contribution in [3.05, 3.63) is 58.6 Å². The number of nitrogens with zero attached hydrogens (tertiary/aromatic N) is 4. The van der Waals surface area contributed by atoms with Gasteiger partial charge < -0.3 is 19.9 Å². The zero-order valence-electron chi connectivity index (χ0n) is 17.4. The molecule has 0 spiro atoms. The SMILES string of the molecule is O=C(CN1CCN(c2ccc([N+](=O)[O-])cc2)CC1)Nc1ccc(N2CCOCC2)cc1. The molecule has 2 fully saturated rings. The van der Waals surface area contributed by atoms with Gasteiger partial charge in [0.05, 0.1) is 24.7 Å². The van der Waals surface area contributed by atoms with E-state index < -0.39 is 4.92 Å². The molecule has 4 rings (SSSR count). The lowest BCUT2D eigenvalue weighted by Crippen LogP contribution is -2.48. The Hall–Kier alpha value is -3.17. The van der Waals surface area contributed by atoms with E-state index in [-0.39, 0.29) is 11.6 Å². The number of carbonyl (C=O) groups excluding carboxylic acids is 1. The number of anilines is 3. The summed E-state index contributed by atoms with van der Waals surface area (Å²) in [5.41, 5.74) is 3.00. The fourth-order valence-corrected chi connectivity index (χ4v) is 3.93. The minimum Gasteiger partial charge on any atom is -0.378 e. The number of piperazine rings is 1. The van der Waals surface area contributed by atoms with Crippen molar-refractivity contribution in [2.45, 2.75) is 0 Å². The summed E-state index contributed by atoms with van der Waals surface area (Å²) < 4.78 is 5.38. The van der Waals surface area contributed by atoms with Crippen LogP contribution < -0.4 is 15.1 Å². The number of nitro benzene ring substituents is 1. The first-order valence-corrected chi connectivity index (χ1v) is 10.5. The fraction of sp³-hybridized carbons (Fsp3) is 0.409. The highest BCUT2D eigenvalue weighted by Gasteiger charge is 2.20. The number of morpholine rings is 1. The minimum atomic E-state index is -0.392. The summed E-state index contributed by atoms with van der Waals surface area (Å²) >= 11 is 0. The number of carbonyl (C=O) groups is 1. The highest BCUT2D eigenvalue weighted by Crippen LogP contribution is 2.21. The summed E-state index contributed by atoms with van der Waals surface area (Å²) in [5.74, 6) is -0.0251. The van der Waals surface area contributed by atoms with E-state index in [0.717, 1.165) is 69.5 Å². The quantitative estimate of drug-likeness (QED) is 0.560. The Morgan fingerprint density at radius 1 is 0.871 bits per heavy atom. The van der Waals surface area contributed by atoms with Crippen LogP contribution in [0.15, 0.2) is 48.5 Å². The van der Waals surface area contributed by atoms with E-state index in [9.17, 15) is 14.9 Å². The molecule has 2 saturated heterocycles. The molecule has 164 valence electrons. The van der Waals surface area contributed by atoms with E-state index in [1.165, 1.54) is 12.1 Å². The second kappa shape index (κ2) is 9.76. The van der Waals surface area contributed by atoms with Gasteiger partial charge in [-0.3, -0.25) is 19.8 Å². The molecule has 0 bridgehead atoms. The van der Waals surface area contributed by atoms with Crippen molar-refractivity contribution >= 4 is 28.7 Å². The average molecular weight is 425 g/mol. The first-order valence-electron chi connectivity index (χ1n) is 10.5. The molecule has 2 aromatic rings. The first-order chi connectivity index (χ1) is 15.1. The third-order valence-electron chi connectivity index (χ3n) is 5.69. The number of non-ortho nitro benzene ring substituents is 1. The van der Waals surface area contributed by atoms with E-state index in [2.05, 4.69) is 20.0 Å². The number of benzene rings is 2. The molecule has 0 unspecified atom stereocenters. The summed E-state index contributed by atoms with van der Waals surface area (Å²) in [4.78, 5) is 29.5. The molecule has 1 amide bonds. The smallest absolute Gasteiger partial charge is 0.269 e. The van der Waals surface area contributed by atoms with Gasteiger partial charge in [0.15, 0.2) is 0 Å². The van der Waals surface area contributed by atoms with E-state index in [1.807, 2.05) is 24.3 Å². The number of hydrogen-bond acceptors (Lipinski definition) is 7. The number of amides is 1. The van der Waals surface area contributed by atoms with Crippen molar-refractivity contribution < 1.29 is 14.5 Å². The van der Waals surface area contributed by atoms with E-state index in [4.69, 9.17) is 4.74 Å². The first kappa shape index (κ1) is 21.1. The van der Waals surface area contributed by atoms with Crippen molar-refractivity contribution in [2.24, 2.45) is 0 Å². The Morgan fingerprint density at radius 3 is 2.00 bits per heavy atom. The van der Waals surface area contributed by atoms with Gasteiger partial charge in [0.25, 0.3) is 5.69 Å². The molecule has 2 aliphatic rings. The predicted molar refractivity (Wildman–Crippen MR) is 120 cm³/mol. The third-order valence-corrected chi connectivity index (χ3v) is 5.69. The van der Waals surface area contributed by atoms with Crippen LogP contribution in [0.3, 0.4) is 0 Å². The van der Waals surface area contributed by atoms with Crippen molar-refractivity contribution in [2.75, 3.05) is 74.1 Å². The van der Waals surface area contributed by atoms with Crippen molar-refractivity contribution in [3.63, 3.8) is 0 Å². The Morgan fingerprint density at radius 2 is 1.42 bits per heavy atom. The molecule has 2 aliphatic heterocycles. The molecule has 9 nitrogen and oxygen atoms in total. The maximum Gasteiger partial charge on any atom is 0.269 e. The lowest BCUT2D eigenvalue weighted by Gasteiger charge is -2.35. The Kier molecular flexibility index (Phi) is 6.63. The van der Waals surface area contributed by atoms with E-state index in [1.54, 1.807) is 12.1 Å². The third kappa shape index (κ3) is 5.50. The highest BCUT2D eigenvalue weighted by molar-refractivity contribution is 5.92. The van der Waals surface area contributed by atoms with Crippen molar-refractivity contribution in [1.29, 1.82) is 0 Å². The number of nitrogens with one attached hydrogen (secondary N) is 1. The summed E-state index contributed by atoms with van der Waals surface area (Å²) in [5, 5.41) is 13.8. The number of rotatable bonds is 6. The van der Waals surface area contributed by atoms with Crippen LogP contribution >= 0.6 is 0 Å². The van der Waals surface area contributed by atoms with Crippen LogP contribution in [-0.2, 0) is 9.53 Å². The molecule has 9 heteroatoms. The van der Waals surface area contributed by atoms with E-state index in [0.29, 0.717) is 6.54 Å². The number of ether oxygens (including phenoxy) is 1. The minimum absolute atomic E-state index is 0.0251. The van der Waals surface area contributed by atoms with Gasteiger partial charge in [0, 0.05) is 68.5 Å². The van der Waals surface area contributed by atoms with Crippen molar-refractivity contribution in [1.82, 2.24) is 4.90 Å². The average Bonchev–Trinajstić information content (AvgIpc) is 2.81. The summed E-state index contributed by atoms with van der Waals surface area (Å²) in [6.07, 6.45) is 0. The monoisotopic (exact) mass is 425 g/mol. The van der Waals surface area contributed by atoms with Gasteiger partial charge >= 0.3 is 0 Å². The standard InChI is InChI=1S/C22H27N5O4/c28-22(23-18-1-3-19(4-2-18)26-13-15-31-16-14-26)17-24-9-11-25(12-10-24)20-5-7-21(8-6-20)27(29)30/h1-8H,9-17H2,(H,23,28). The van der Waals surface area contributed by atoms with Gasteiger partial charge in [-0.1, -0.05) is 0 Å². The van der Waals surface area contributed by atoms with Gasteiger partial charge in [-0.15, -0.1) is 0 Å². The zero-order valence-corrected chi connectivity index (χ0v) is 17.4. The molecule has 1 N–H and O–H groups in total. The molecule has 0 atom stereocenters. The second-order valence-electron chi connectivity index (χ2n) is 7.73. The maximum atomic E-state index is 12.5. The Balaban J connectivity index is 1.23. The molecule has 0 saturated carbocycles. The van der Waals surface area contributed by atoms with Gasteiger partial charge in [-0.2, -0.15) is 0 Å². The molecule has 0 aromatic heterocycles. The van der Waals surface area contributed by atoms with Gasteiger partial charge in [-0.05, 0) is 36.4 Å². The van der Waals surface area contributed by atoms with Crippen LogP contribution in [0.1, 0.15) is 0 Å². The Labute approximate surface area is 181 Å². The van der Waals surface area contributed by atoms with Crippen molar-refractivity contribution in [3.8, 4) is 0 Å². The number of hydrogen-bond donors (Lipinski definition) is 1. The second-order valence-corrected chi connectivity index (χ2v) is 7.73. The molecular weight excluding hydrogens is 398 g/mol. The maximum absolute atomic E-state index is 12.5. The number of nitro groups is 1. The van der Waals surface area contributed by atoms with Gasteiger partial charge in [0.2, 0.25) is 5.91 Å². The van der Waals surface area contributed by atoms with Crippen LogP contribution in [-0.4, -0.2) is 74.8 Å². The molecule has 31 heavy (non-hydrogen) atoms. The fourth-order valence-electron chi connectivity index (χ4n) is 3.93. The van der Waals surface area contributed by atoms with Crippen LogP contribution in [0.2, 0.25) is 0 Å². The predicted octanol–water partition coefficient (Wildman–Crippen LogP) is 2.19. The highest BCUT2D eigenvalue weighted by atomic mass is 16.6. The largest absolute Gasteiger partial charge is 0.378 e.